The van der Waals surface area contributed by atoms with Crippen molar-refractivity contribution in [2.45, 2.75) is 38.6 Å². The molecule has 2 aromatic rings. The number of benzene rings is 1. The molecule has 1 saturated carbocycles. The SMILES string of the molecule is CC1CCC(C(N)c2nccc3ccccc23)CC1. The van der Waals surface area contributed by atoms with Crippen LogP contribution in [0, 0.1) is 11.8 Å². The van der Waals surface area contributed by atoms with Crippen molar-refractivity contribution in [3.8, 4) is 0 Å². The highest BCUT2D eigenvalue weighted by molar-refractivity contribution is 5.84. The number of nitrogens with two attached hydrogens (primary N) is 1. The lowest BCUT2D eigenvalue weighted by molar-refractivity contribution is 0.254. The molecule has 1 aliphatic carbocycles. The minimum absolute atomic E-state index is 0.0820. The molecule has 2 nitrogen and oxygen atoms in total. The quantitative estimate of drug-likeness (QED) is 0.877. The zero-order chi connectivity index (χ0) is 13.2. The molecular formula is C17H22N2. The molecule has 100 valence electrons. The molecular weight excluding hydrogens is 232 g/mol. The van der Waals surface area contributed by atoms with Crippen molar-refractivity contribution in [1.29, 1.82) is 0 Å². The highest BCUT2D eigenvalue weighted by Crippen LogP contribution is 2.36. The molecule has 1 heterocycles. The van der Waals surface area contributed by atoms with Crippen LogP contribution in [0.4, 0.5) is 0 Å². The molecule has 1 aliphatic rings. The second kappa shape index (κ2) is 5.30. The van der Waals surface area contributed by atoms with E-state index in [0.717, 1.165) is 11.6 Å². The van der Waals surface area contributed by atoms with Crippen LogP contribution in [0.15, 0.2) is 36.5 Å². The molecule has 0 bridgehead atoms. The molecule has 1 unspecified atom stereocenters. The number of nitrogens with zero attached hydrogens (tertiary/aromatic N) is 1. The summed E-state index contributed by atoms with van der Waals surface area (Å²) in [5, 5.41) is 2.46. The lowest BCUT2D eigenvalue weighted by Gasteiger charge is -2.30. The third kappa shape index (κ3) is 2.50. The molecule has 2 N–H and O–H groups in total. The van der Waals surface area contributed by atoms with Gasteiger partial charge in [0, 0.05) is 11.6 Å². The van der Waals surface area contributed by atoms with Gasteiger partial charge in [-0.15, -0.1) is 0 Å². The monoisotopic (exact) mass is 254 g/mol. The predicted octanol–water partition coefficient (Wildman–Crippen LogP) is 4.06. The van der Waals surface area contributed by atoms with E-state index in [0.29, 0.717) is 5.92 Å². The largest absolute Gasteiger partial charge is 0.322 e. The summed E-state index contributed by atoms with van der Waals surface area (Å²) >= 11 is 0. The Morgan fingerprint density at radius 1 is 1.11 bits per heavy atom. The van der Waals surface area contributed by atoms with Gasteiger partial charge in [0.25, 0.3) is 0 Å². The normalized spacial score (nSPS) is 25.4. The first-order valence-electron chi connectivity index (χ1n) is 7.35. The number of hydrogen-bond acceptors (Lipinski definition) is 2. The van der Waals surface area contributed by atoms with Gasteiger partial charge in [-0.2, -0.15) is 0 Å². The van der Waals surface area contributed by atoms with Crippen molar-refractivity contribution in [2.75, 3.05) is 0 Å². The topological polar surface area (TPSA) is 38.9 Å². The van der Waals surface area contributed by atoms with Gasteiger partial charge in [-0.3, -0.25) is 4.98 Å². The molecule has 1 atom stereocenters. The van der Waals surface area contributed by atoms with E-state index in [4.69, 9.17) is 5.73 Å². The highest BCUT2D eigenvalue weighted by atomic mass is 14.8. The Morgan fingerprint density at radius 2 is 1.84 bits per heavy atom. The van der Waals surface area contributed by atoms with Gasteiger partial charge in [-0.1, -0.05) is 44.0 Å². The molecule has 2 heteroatoms. The van der Waals surface area contributed by atoms with E-state index in [1.54, 1.807) is 0 Å². The van der Waals surface area contributed by atoms with E-state index in [1.165, 1.54) is 36.5 Å². The van der Waals surface area contributed by atoms with Crippen LogP contribution in [0.1, 0.15) is 44.3 Å². The van der Waals surface area contributed by atoms with E-state index in [-0.39, 0.29) is 6.04 Å². The minimum atomic E-state index is 0.0820. The van der Waals surface area contributed by atoms with Gasteiger partial charge in [-0.05, 0) is 36.1 Å². The summed E-state index contributed by atoms with van der Waals surface area (Å²) < 4.78 is 0. The van der Waals surface area contributed by atoms with E-state index in [9.17, 15) is 0 Å². The Labute approximate surface area is 115 Å². The predicted molar refractivity (Wildman–Crippen MR) is 79.8 cm³/mol. The molecule has 0 spiro atoms. The number of pyridine rings is 1. The van der Waals surface area contributed by atoms with Gasteiger partial charge >= 0.3 is 0 Å². The van der Waals surface area contributed by atoms with E-state index in [2.05, 4.69) is 42.2 Å². The third-order valence-corrected chi connectivity index (χ3v) is 4.59. The summed E-state index contributed by atoms with van der Waals surface area (Å²) in [6.45, 7) is 2.35. The maximum absolute atomic E-state index is 6.52. The van der Waals surface area contributed by atoms with Gasteiger partial charge in [0.2, 0.25) is 0 Å². The van der Waals surface area contributed by atoms with Gasteiger partial charge in [-0.25, -0.2) is 0 Å². The van der Waals surface area contributed by atoms with E-state index in [1.807, 2.05) is 6.20 Å². The summed E-state index contributed by atoms with van der Waals surface area (Å²) in [4.78, 5) is 4.58. The van der Waals surface area contributed by atoms with Crippen LogP contribution in [0.3, 0.4) is 0 Å². The lowest BCUT2D eigenvalue weighted by atomic mass is 9.78. The van der Waals surface area contributed by atoms with Crippen LogP contribution in [0.2, 0.25) is 0 Å². The van der Waals surface area contributed by atoms with Gasteiger partial charge in [0.05, 0.1) is 11.7 Å². The molecule has 3 rings (SSSR count). The van der Waals surface area contributed by atoms with Crippen molar-refractivity contribution < 1.29 is 0 Å². The van der Waals surface area contributed by atoms with Crippen LogP contribution in [0.5, 0.6) is 0 Å². The maximum Gasteiger partial charge on any atom is 0.0651 e. The summed E-state index contributed by atoms with van der Waals surface area (Å²) in [7, 11) is 0. The summed E-state index contributed by atoms with van der Waals surface area (Å²) in [6.07, 6.45) is 7.00. The zero-order valence-electron chi connectivity index (χ0n) is 11.5. The molecule has 0 radical (unpaired) electrons. The van der Waals surface area contributed by atoms with Crippen LogP contribution < -0.4 is 5.73 Å². The lowest BCUT2D eigenvalue weighted by Crippen LogP contribution is -2.26. The van der Waals surface area contributed by atoms with Crippen molar-refractivity contribution >= 4 is 10.8 Å². The van der Waals surface area contributed by atoms with Gasteiger partial charge < -0.3 is 5.73 Å². The Balaban J connectivity index is 1.91. The van der Waals surface area contributed by atoms with Crippen molar-refractivity contribution in [3.63, 3.8) is 0 Å². The first-order chi connectivity index (χ1) is 9.25. The molecule has 1 fully saturated rings. The molecule has 0 amide bonds. The first-order valence-corrected chi connectivity index (χ1v) is 7.35. The zero-order valence-corrected chi connectivity index (χ0v) is 11.5. The van der Waals surface area contributed by atoms with Crippen molar-refractivity contribution in [2.24, 2.45) is 17.6 Å². The van der Waals surface area contributed by atoms with Crippen molar-refractivity contribution in [1.82, 2.24) is 4.98 Å². The second-order valence-corrected chi connectivity index (χ2v) is 5.96. The second-order valence-electron chi connectivity index (χ2n) is 5.96. The average molecular weight is 254 g/mol. The highest BCUT2D eigenvalue weighted by Gasteiger charge is 2.26. The van der Waals surface area contributed by atoms with Gasteiger partial charge in [0.1, 0.15) is 0 Å². The van der Waals surface area contributed by atoms with Crippen LogP contribution in [0.25, 0.3) is 10.8 Å². The molecule has 1 aromatic carbocycles. The van der Waals surface area contributed by atoms with E-state index < -0.39 is 0 Å². The number of hydrogen-bond donors (Lipinski definition) is 1. The summed E-state index contributed by atoms with van der Waals surface area (Å²) in [5.41, 5.74) is 7.60. The standard InChI is InChI=1S/C17H22N2/c1-12-6-8-14(9-7-12)16(18)17-15-5-3-2-4-13(15)10-11-19-17/h2-5,10-12,14,16H,6-9,18H2,1H3. The molecule has 1 aromatic heterocycles. The smallest absolute Gasteiger partial charge is 0.0651 e. The fourth-order valence-electron chi connectivity index (χ4n) is 3.28. The Hall–Kier alpha value is -1.41. The molecule has 19 heavy (non-hydrogen) atoms. The van der Waals surface area contributed by atoms with Crippen LogP contribution in [-0.4, -0.2) is 4.98 Å². The summed E-state index contributed by atoms with van der Waals surface area (Å²) in [6, 6.07) is 10.6. The maximum atomic E-state index is 6.52. The Morgan fingerprint density at radius 3 is 2.63 bits per heavy atom. The van der Waals surface area contributed by atoms with Crippen molar-refractivity contribution in [3.05, 3.63) is 42.2 Å². The Kier molecular flexibility index (Phi) is 3.52. The van der Waals surface area contributed by atoms with Crippen LogP contribution in [-0.2, 0) is 0 Å². The molecule has 0 saturated heterocycles. The average Bonchev–Trinajstić information content (AvgIpc) is 2.47. The van der Waals surface area contributed by atoms with Crippen LogP contribution >= 0.6 is 0 Å². The number of fused-ring (bicyclic) bond motifs is 1. The molecule has 0 aliphatic heterocycles. The number of rotatable bonds is 2. The fraction of sp³-hybridized carbons (Fsp3) is 0.471. The van der Waals surface area contributed by atoms with Gasteiger partial charge in [0.15, 0.2) is 0 Å². The summed E-state index contributed by atoms with van der Waals surface area (Å²) in [5.74, 6) is 1.46. The Bertz CT molecular complexity index is 551. The van der Waals surface area contributed by atoms with E-state index >= 15 is 0 Å². The third-order valence-electron chi connectivity index (χ3n) is 4.59. The first kappa shape index (κ1) is 12.6. The fourth-order valence-corrected chi connectivity index (χ4v) is 3.28. The number of aromatic nitrogens is 1. The minimum Gasteiger partial charge on any atom is -0.322 e.